The topological polar surface area (TPSA) is 116 Å². The summed E-state index contributed by atoms with van der Waals surface area (Å²) < 4.78 is 57.5. The lowest BCUT2D eigenvalue weighted by Crippen LogP contribution is -2.53. The summed E-state index contributed by atoms with van der Waals surface area (Å²) in [6.07, 6.45) is -4.50. The Morgan fingerprint density at radius 1 is 1.10 bits per heavy atom. The van der Waals surface area contributed by atoms with E-state index in [9.17, 15) is 37.5 Å². The first-order valence-electron chi connectivity index (χ1n) is 13.7. The second-order valence-corrected chi connectivity index (χ2v) is 10.6. The summed E-state index contributed by atoms with van der Waals surface area (Å²) in [4.78, 5) is 51.4. The van der Waals surface area contributed by atoms with E-state index in [1.165, 1.54) is 11.8 Å². The smallest absolute Gasteiger partial charge is 0.419 e. The highest BCUT2D eigenvalue weighted by molar-refractivity contribution is 5.92. The standard InChI is InChI=1S/C30H35F4N3O5/c1-5-8-22(35-29(42)24-11-7-12-37(24)18(4)38)28(41)36-23(15-25(39)40)20-13-19(14-21(27(20)31)30(32,33)34)26-16(2)9-6-10-17(26)3/h6,9-10,13-14,22-24H,5,7-8,11-12,15H2,1-4H3,(H,35,42)(H,36,41)(H,39,40)/t22-,23-,24+/m0/s1. The lowest BCUT2D eigenvalue weighted by molar-refractivity contribution is -0.140. The summed E-state index contributed by atoms with van der Waals surface area (Å²) in [7, 11) is 0. The van der Waals surface area contributed by atoms with Crippen molar-refractivity contribution in [2.75, 3.05) is 6.54 Å². The van der Waals surface area contributed by atoms with Crippen LogP contribution in [0.5, 0.6) is 0 Å². The predicted molar refractivity (Wildman–Crippen MR) is 147 cm³/mol. The number of hydrogen-bond donors (Lipinski definition) is 3. The zero-order chi connectivity index (χ0) is 31.4. The van der Waals surface area contributed by atoms with E-state index in [4.69, 9.17) is 0 Å². The van der Waals surface area contributed by atoms with Crippen LogP contribution in [0.1, 0.15) is 74.2 Å². The van der Waals surface area contributed by atoms with Crippen molar-refractivity contribution in [2.24, 2.45) is 0 Å². The van der Waals surface area contributed by atoms with Gasteiger partial charge in [0.15, 0.2) is 0 Å². The van der Waals surface area contributed by atoms with E-state index in [0.29, 0.717) is 48.6 Å². The monoisotopic (exact) mass is 593 g/mol. The molecule has 3 rings (SSSR count). The highest BCUT2D eigenvalue weighted by Crippen LogP contribution is 2.39. The van der Waals surface area contributed by atoms with Crippen LogP contribution in [0.25, 0.3) is 11.1 Å². The van der Waals surface area contributed by atoms with E-state index in [1.54, 1.807) is 39.0 Å². The quantitative estimate of drug-likeness (QED) is 0.334. The summed E-state index contributed by atoms with van der Waals surface area (Å²) in [5.74, 6) is -4.93. The molecule has 1 aliphatic rings. The lowest BCUT2D eigenvalue weighted by Gasteiger charge is -2.27. The Morgan fingerprint density at radius 2 is 1.74 bits per heavy atom. The number of carbonyl (C=O) groups excluding carboxylic acids is 3. The number of hydrogen-bond acceptors (Lipinski definition) is 4. The van der Waals surface area contributed by atoms with Crippen LogP contribution >= 0.6 is 0 Å². The first-order valence-corrected chi connectivity index (χ1v) is 13.7. The molecular weight excluding hydrogens is 558 g/mol. The Hall–Kier alpha value is -3.96. The molecule has 3 N–H and O–H groups in total. The van der Waals surface area contributed by atoms with E-state index in [1.807, 2.05) is 0 Å². The Bertz CT molecular complexity index is 1340. The van der Waals surface area contributed by atoms with Crippen molar-refractivity contribution in [1.82, 2.24) is 15.5 Å². The molecule has 1 saturated heterocycles. The van der Waals surface area contributed by atoms with Gasteiger partial charge in [0.05, 0.1) is 18.0 Å². The van der Waals surface area contributed by atoms with E-state index >= 15 is 4.39 Å². The lowest BCUT2D eigenvalue weighted by atomic mass is 9.90. The number of aliphatic carboxylic acids is 1. The summed E-state index contributed by atoms with van der Waals surface area (Å²) in [5.41, 5.74) is -0.548. The van der Waals surface area contributed by atoms with Crippen molar-refractivity contribution in [3.63, 3.8) is 0 Å². The molecule has 0 unspecified atom stereocenters. The zero-order valence-corrected chi connectivity index (χ0v) is 23.9. The van der Waals surface area contributed by atoms with Crippen LogP contribution in [0.2, 0.25) is 0 Å². The van der Waals surface area contributed by atoms with E-state index in [0.717, 1.165) is 6.07 Å². The van der Waals surface area contributed by atoms with Crippen molar-refractivity contribution in [1.29, 1.82) is 0 Å². The molecule has 42 heavy (non-hydrogen) atoms. The van der Waals surface area contributed by atoms with E-state index < -0.39 is 65.5 Å². The van der Waals surface area contributed by atoms with Crippen LogP contribution in [0, 0.1) is 19.7 Å². The van der Waals surface area contributed by atoms with Gasteiger partial charge in [-0.1, -0.05) is 31.5 Å². The maximum Gasteiger partial charge on any atom is 0.419 e. The fraction of sp³-hybridized carbons (Fsp3) is 0.467. The Balaban J connectivity index is 2.03. The van der Waals surface area contributed by atoms with Crippen LogP contribution in [-0.2, 0) is 25.4 Å². The van der Waals surface area contributed by atoms with Crippen molar-refractivity contribution in [2.45, 2.75) is 84.1 Å². The molecular formula is C30H35F4N3O5. The van der Waals surface area contributed by atoms with Crippen molar-refractivity contribution >= 4 is 23.7 Å². The number of halogens is 4. The Labute approximate surface area is 241 Å². The van der Waals surface area contributed by atoms with Gasteiger partial charge in [-0.2, -0.15) is 13.2 Å². The van der Waals surface area contributed by atoms with Gasteiger partial charge in [0.2, 0.25) is 17.7 Å². The van der Waals surface area contributed by atoms with Gasteiger partial charge in [-0.3, -0.25) is 19.2 Å². The second-order valence-electron chi connectivity index (χ2n) is 10.6. The highest BCUT2D eigenvalue weighted by Gasteiger charge is 2.39. The number of likely N-dealkylation sites (tertiary alicyclic amines) is 1. The average molecular weight is 594 g/mol. The van der Waals surface area contributed by atoms with Gasteiger partial charge in [-0.25, -0.2) is 4.39 Å². The zero-order valence-electron chi connectivity index (χ0n) is 23.9. The first-order chi connectivity index (χ1) is 19.6. The molecule has 3 amide bonds. The molecule has 1 heterocycles. The van der Waals surface area contributed by atoms with Gasteiger partial charge in [-0.15, -0.1) is 0 Å². The molecule has 2 aromatic carbocycles. The van der Waals surface area contributed by atoms with Crippen LogP contribution in [0.4, 0.5) is 17.6 Å². The summed E-state index contributed by atoms with van der Waals surface area (Å²) >= 11 is 0. The Kier molecular flexibility index (Phi) is 10.3. The normalized spacial score (nSPS) is 16.6. The predicted octanol–water partition coefficient (Wildman–Crippen LogP) is 5.06. The third-order valence-corrected chi connectivity index (χ3v) is 7.42. The minimum absolute atomic E-state index is 0.0166. The molecule has 0 saturated carbocycles. The minimum Gasteiger partial charge on any atom is -0.481 e. The molecule has 0 radical (unpaired) electrons. The van der Waals surface area contributed by atoms with Gasteiger partial charge >= 0.3 is 12.1 Å². The average Bonchev–Trinajstić information content (AvgIpc) is 3.38. The van der Waals surface area contributed by atoms with Crippen molar-refractivity contribution in [3.8, 4) is 11.1 Å². The molecule has 0 spiro atoms. The molecule has 228 valence electrons. The number of carboxylic acid groups (broad SMARTS) is 1. The van der Waals surface area contributed by atoms with Gasteiger partial charge in [-0.05, 0) is 67.5 Å². The number of aryl methyl sites for hydroxylation is 2. The summed E-state index contributed by atoms with van der Waals surface area (Å²) in [6.45, 7) is 6.82. The SMILES string of the molecule is CCC[C@H](NC(=O)[C@H]1CCCN1C(C)=O)C(=O)N[C@@H](CC(=O)O)c1cc(-c2c(C)cccc2C)cc(C(F)(F)F)c1F. The molecule has 8 nitrogen and oxygen atoms in total. The van der Waals surface area contributed by atoms with Gasteiger partial charge in [0, 0.05) is 19.0 Å². The number of nitrogens with zero attached hydrogens (tertiary/aromatic N) is 1. The van der Waals surface area contributed by atoms with Crippen LogP contribution in [-0.4, -0.2) is 52.3 Å². The van der Waals surface area contributed by atoms with E-state index in [2.05, 4.69) is 10.6 Å². The van der Waals surface area contributed by atoms with Gasteiger partial charge < -0.3 is 20.6 Å². The molecule has 1 fully saturated rings. The second kappa shape index (κ2) is 13.3. The number of amides is 3. The maximum atomic E-state index is 15.5. The molecule has 0 aromatic heterocycles. The van der Waals surface area contributed by atoms with Crippen molar-refractivity contribution < 1.29 is 41.8 Å². The van der Waals surface area contributed by atoms with Crippen molar-refractivity contribution in [3.05, 3.63) is 58.4 Å². The number of nitrogens with one attached hydrogen (secondary N) is 2. The summed E-state index contributed by atoms with van der Waals surface area (Å²) in [5, 5.41) is 14.5. The first kappa shape index (κ1) is 32.6. The number of alkyl halides is 3. The molecule has 12 heteroatoms. The Morgan fingerprint density at radius 3 is 2.29 bits per heavy atom. The number of carboxylic acids is 1. The number of carbonyl (C=O) groups is 4. The molecule has 3 atom stereocenters. The molecule has 1 aliphatic heterocycles. The number of benzene rings is 2. The van der Waals surface area contributed by atoms with Crippen LogP contribution in [0.3, 0.4) is 0 Å². The van der Waals surface area contributed by atoms with Gasteiger partial charge in [0.1, 0.15) is 17.9 Å². The maximum absolute atomic E-state index is 15.5. The molecule has 0 aliphatic carbocycles. The summed E-state index contributed by atoms with van der Waals surface area (Å²) in [6, 6.07) is 3.23. The highest BCUT2D eigenvalue weighted by atomic mass is 19.4. The van der Waals surface area contributed by atoms with Gasteiger partial charge in [0.25, 0.3) is 0 Å². The largest absolute Gasteiger partial charge is 0.481 e. The fourth-order valence-electron chi connectivity index (χ4n) is 5.45. The van der Waals surface area contributed by atoms with Crippen LogP contribution < -0.4 is 10.6 Å². The third kappa shape index (κ3) is 7.46. The molecule has 0 bridgehead atoms. The fourth-order valence-corrected chi connectivity index (χ4v) is 5.45. The number of rotatable bonds is 10. The van der Waals surface area contributed by atoms with Crippen LogP contribution in [0.15, 0.2) is 30.3 Å². The third-order valence-electron chi connectivity index (χ3n) is 7.42. The molecule has 2 aromatic rings. The van der Waals surface area contributed by atoms with E-state index in [-0.39, 0.29) is 17.9 Å². The minimum atomic E-state index is -5.11.